The Morgan fingerprint density at radius 2 is 1.88 bits per heavy atom. The molecule has 9 heteroatoms. The first-order valence-corrected chi connectivity index (χ1v) is 11.0. The number of hydrogen-bond acceptors (Lipinski definition) is 5. The second-order valence-electron chi connectivity index (χ2n) is 9.24. The van der Waals surface area contributed by atoms with Crippen molar-refractivity contribution in [3.63, 3.8) is 0 Å². The lowest BCUT2D eigenvalue weighted by Crippen LogP contribution is -2.50. The first-order chi connectivity index (χ1) is 15.1. The molecule has 1 aliphatic rings. The normalized spacial score (nSPS) is 16.3. The number of carbonyl (C=O) groups excluding carboxylic acids is 1. The molecule has 1 aromatic carbocycles. The zero-order valence-corrected chi connectivity index (χ0v) is 19.2. The number of ether oxygens (including phenoxy) is 1. The number of carbonyl (C=O) groups is 1. The summed E-state index contributed by atoms with van der Waals surface area (Å²) in [6, 6.07) is 11.1. The fraction of sp³-hybridized carbons (Fsp3) is 0.435. The molecule has 1 N–H and O–H groups in total. The van der Waals surface area contributed by atoms with Gasteiger partial charge in [-0.3, -0.25) is 13.9 Å². The van der Waals surface area contributed by atoms with Gasteiger partial charge in [0.25, 0.3) is 5.56 Å². The predicted molar refractivity (Wildman–Crippen MR) is 122 cm³/mol. The van der Waals surface area contributed by atoms with Crippen molar-refractivity contribution in [2.75, 3.05) is 13.1 Å². The number of halogens is 1. The smallest absolute Gasteiger partial charge is 0.410 e. The van der Waals surface area contributed by atoms with E-state index in [1.54, 1.807) is 15.5 Å². The van der Waals surface area contributed by atoms with Gasteiger partial charge in [0.05, 0.1) is 17.5 Å². The van der Waals surface area contributed by atoms with Crippen LogP contribution in [0.25, 0.3) is 16.7 Å². The Hall–Kier alpha value is -2.84. The van der Waals surface area contributed by atoms with E-state index in [2.05, 4.69) is 4.98 Å². The summed E-state index contributed by atoms with van der Waals surface area (Å²) in [5, 5.41) is 11.9. The van der Waals surface area contributed by atoms with Crippen LogP contribution in [0.15, 0.2) is 47.5 Å². The van der Waals surface area contributed by atoms with Gasteiger partial charge < -0.3 is 14.7 Å². The minimum Gasteiger partial charge on any atom is -0.444 e. The number of aliphatic hydroxyl groups is 1. The highest BCUT2D eigenvalue weighted by Crippen LogP contribution is 2.27. The molecule has 8 nitrogen and oxygen atoms in total. The molecule has 4 rings (SSSR count). The van der Waals surface area contributed by atoms with E-state index in [0.29, 0.717) is 42.1 Å². The number of fused-ring (bicyclic) bond motifs is 1. The fourth-order valence-electron chi connectivity index (χ4n) is 3.93. The summed E-state index contributed by atoms with van der Waals surface area (Å²) in [6.45, 7) is 6.25. The molecule has 1 fully saturated rings. The van der Waals surface area contributed by atoms with Crippen LogP contribution < -0.4 is 5.56 Å². The van der Waals surface area contributed by atoms with Crippen LogP contribution in [-0.4, -0.2) is 54.5 Å². The molecule has 2 aromatic heterocycles. The summed E-state index contributed by atoms with van der Waals surface area (Å²) in [7, 11) is 0. The van der Waals surface area contributed by atoms with Gasteiger partial charge in [0.15, 0.2) is 5.65 Å². The third-order valence-electron chi connectivity index (χ3n) is 5.57. The maximum Gasteiger partial charge on any atom is 0.410 e. The zero-order chi connectivity index (χ0) is 23.1. The fourth-order valence-corrected chi connectivity index (χ4v) is 4.22. The SMILES string of the molecule is CC(C)(C)OC(=O)N1CCC(O)(Cn2cnc3c(cc(Cl)n3-c3ccccc3)c2=O)CC1. The molecule has 0 unspecified atom stereocenters. The molecule has 0 radical (unpaired) electrons. The largest absolute Gasteiger partial charge is 0.444 e. The van der Waals surface area contributed by atoms with Gasteiger partial charge in [-0.25, -0.2) is 9.78 Å². The van der Waals surface area contributed by atoms with Crippen molar-refractivity contribution in [3.8, 4) is 5.69 Å². The monoisotopic (exact) mass is 458 g/mol. The average molecular weight is 459 g/mol. The van der Waals surface area contributed by atoms with E-state index in [1.807, 2.05) is 51.1 Å². The van der Waals surface area contributed by atoms with E-state index in [1.165, 1.54) is 10.9 Å². The minimum absolute atomic E-state index is 0.0884. The van der Waals surface area contributed by atoms with Crippen LogP contribution in [0.5, 0.6) is 0 Å². The van der Waals surface area contributed by atoms with Gasteiger partial charge in [-0.05, 0) is 51.8 Å². The number of likely N-dealkylation sites (tertiary alicyclic amines) is 1. The Bertz CT molecular complexity index is 1190. The van der Waals surface area contributed by atoms with E-state index < -0.39 is 17.3 Å². The Balaban J connectivity index is 1.54. The molecule has 0 atom stereocenters. The van der Waals surface area contributed by atoms with Gasteiger partial charge in [-0.15, -0.1) is 0 Å². The summed E-state index contributed by atoms with van der Waals surface area (Å²) in [5.74, 6) is 0. The molecule has 170 valence electrons. The van der Waals surface area contributed by atoms with Gasteiger partial charge in [-0.1, -0.05) is 29.8 Å². The quantitative estimate of drug-likeness (QED) is 0.647. The first-order valence-electron chi connectivity index (χ1n) is 10.6. The van der Waals surface area contributed by atoms with Crippen molar-refractivity contribution < 1.29 is 14.6 Å². The average Bonchev–Trinajstić information content (AvgIpc) is 3.06. The van der Waals surface area contributed by atoms with Crippen molar-refractivity contribution in [2.24, 2.45) is 0 Å². The van der Waals surface area contributed by atoms with Crippen LogP contribution in [0.4, 0.5) is 4.79 Å². The highest BCUT2D eigenvalue weighted by atomic mass is 35.5. The Morgan fingerprint density at radius 3 is 2.50 bits per heavy atom. The molecule has 3 aromatic rings. The number of hydrogen-bond donors (Lipinski definition) is 1. The summed E-state index contributed by atoms with van der Waals surface area (Å²) in [5.41, 5.74) is -0.686. The molecule has 0 spiro atoms. The van der Waals surface area contributed by atoms with Crippen molar-refractivity contribution in [1.82, 2.24) is 19.0 Å². The van der Waals surface area contributed by atoms with E-state index in [-0.39, 0.29) is 12.1 Å². The number of para-hydroxylation sites is 1. The minimum atomic E-state index is -1.12. The van der Waals surface area contributed by atoms with Gasteiger partial charge in [-0.2, -0.15) is 0 Å². The number of benzene rings is 1. The van der Waals surface area contributed by atoms with Crippen LogP contribution in [0, 0.1) is 0 Å². The predicted octanol–water partition coefficient (Wildman–Crippen LogP) is 3.60. The molecule has 3 heterocycles. The number of amides is 1. The summed E-state index contributed by atoms with van der Waals surface area (Å²) >= 11 is 6.41. The Labute approximate surface area is 191 Å². The van der Waals surface area contributed by atoms with Crippen LogP contribution in [-0.2, 0) is 11.3 Å². The van der Waals surface area contributed by atoms with Gasteiger partial charge in [0.1, 0.15) is 17.1 Å². The number of piperidine rings is 1. The van der Waals surface area contributed by atoms with Gasteiger partial charge >= 0.3 is 6.09 Å². The maximum atomic E-state index is 13.1. The summed E-state index contributed by atoms with van der Waals surface area (Å²) < 4.78 is 8.54. The van der Waals surface area contributed by atoms with Crippen molar-refractivity contribution in [2.45, 2.75) is 51.4 Å². The topological polar surface area (TPSA) is 89.6 Å². The van der Waals surface area contributed by atoms with Crippen molar-refractivity contribution in [1.29, 1.82) is 0 Å². The van der Waals surface area contributed by atoms with E-state index >= 15 is 0 Å². The van der Waals surface area contributed by atoms with Crippen LogP contribution in [0.3, 0.4) is 0 Å². The van der Waals surface area contributed by atoms with Crippen LogP contribution in [0.2, 0.25) is 5.15 Å². The van der Waals surface area contributed by atoms with E-state index in [9.17, 15) is 14.7 Å². The lowest BCUT2D eigenvalue weighted by molar-refractivity contribution is -0.0419. The molecule has 1 amide bonds. The Morgan fingerprint density at radius 1 is 1.22 bits per heavy atom. The molecule has 1 saturated heterocycles. The Kier molecular flexibility index (Phi) is 5.77. The summed E-state index contributed by atoms with van der Waals surface area (Å²) in [4.78, 5) is 31.5. The lowest BCUT2D eigenvalue weighted by atomic mass is 9.91. The number of rotatable bonds is 3. The third kappa shape index (κ3) is 4.52. The van der Waals surface area contributed by atoms with Gasteiger partial charge in [0, 0.05) is 18.8 Å². The second-order valence-corrected chi connectivity index (χ2v) is 9.63. The molecule has 0 saturated carbocycles. The third-order valence-corrected chi connectivity index (χ3v) is 5.84. The highest BCUT2D eigenvalue weighted by Gasteiger charge is 2.36. The van der Waals surface area contributed by atoms with Crippen LogP contribution in [0.1, 0.15) is 33.6 Å². The molecule has 32 heavy (non-hydrogen) atoms. The summed E-state index contributed by atoms with van der Waals surface area (Å²) in [6.07, 6.45) is 1.72. The number of aromatic nitrogens is 3. The highest BCUT2D eigenvalue weighted by molar-refractivity contribution is 6.31. The lowest BCUT2D eigenvalue weighted by Gasteiger charge is -2.38. The van der Waals surface area contributed by atoms with Crippen molar-refractivity contribution in [3.05, 3.63) is 58.2 Å². The molecule has 0 aliphatic carbocycles. The van der Waals surface area contributed by atoms with Crippen LogP contribution >= 0.6 is 11.6 Å². The molecule has 0 bridgehead atoms. The zero-order valence-electron chi connectivity index (χ0n) is 18.4. The van der Waals surface area contributed by atoms with Gasteiger partial charge in [0.2, 0.25) is 0 Å². The van der Waals surface area contributed by atoms with E-state index in [0.717, 1.165) is 5.69 Å². The molecular formula is C23H27ClN4O4. The van der Waals surface area contributed by atoms with Crippen molar-refractivity contribution >= 4 is 28.7 Å². The molecule has 1 aliphatic heterocycles. The maximum absolute atomic E-state index is 13.1. The molecular weight excluding hydrogens is 432 g/mol. The second kappa shape index (κ2) is 8.26. The first kappa shape index (κ1) is 22.4. The number of nitrogens with zero attached hydrogens (tertiary/aromatic N) is 4. The standard InChI is InChI=1S/C23H27ClN4O4/c1-22(2,3)32-21(30)26-11-9-23(31,10-12-26)14-27-15-25-19-17(20(27)29)13-18(24)28(19)16-7-5-4-6-8-16/h4-8,13,15,31H,9-12,14H2,1-3H3. The van der Waals surface area contributed by atoms with E-state index in [4.69, 9.17) is 16.3 Å².